The Morgan fingerprint density at radius 2 is 2.06 bits per heavy atom. The quantitative estimate of drug-likeness (QED) is 0.902. The fourth-order valence-corrected chi connectivity index (χ4v) is 1.69. The smallest absolute Gasteiger partial charge is 0.358 e. The van der Waals surface area contributed by atoms with E-state index in [1.807, 2.05) is 19.9 Å². The largest absolute Gasteiger partial charge is 0.496 e. The molecule has 1 aromatic carbocycles. The Morgan fingerprint density at radius 1 is 1.33 bits per heavy atom. The second-order valence-corrected chi connectivity index (χ2v) is 4.00. The lowest BCUT2D eigenvalue weighted by Crippen LogP contribution is -1.94. The molecule has 0 atom stereocenters. The zero-order valence-electron chi connectivity index (χ0n) is 10.4. The molecule has 0 aliphatic heterocycles. The van der Waals surface area contributed by atoms with Gasteiger partial charge in [-0.25, -0.2) is 4.79 Å². The highest BCUT2D eigenvalue weighted by atomic mass is 16.5. The summed E-state index contributed by atoms with van der Waals surface area (Å²) in [5, 5.41) is 12.3. The molecule has 0 spiro atoms. The summed E-state index contributed by atoms with van der Waals surface area (Å²) in [5.74, 6) is 0.0351. The molecule has 94 valence electrons. The summed E-state index contributed by atoms with van der Waals surface area (Å²) in [4.78, 5) is 10.7. The summed E-state index contributed by atoms with van der Waals surface area (Å²) >= 11 is 0. The van der Waals surface area contributed by atoms with E-state index in [1.54, 1.807) is 13.2 Å². The number of hydrogen-bond acceptors (Lipinski definition) is 4. The number of nitrogens with zero attached hydrogens (tertiary/aromatic N) is 1. The monoisotopic (exact) mass is 247 g/mol. The van der Waals surface area contributed by atoms with Crippen LogP contribution in [0, 0.1) is 13.8 Å². The molecule has 0 aliphatic rings. The van der Waals surface area contributed by atoms with Crippen molar-refractivity contribution >= 4 is 5.97 Å². The molecule has 0 unspecified atom stereocenters. The molecule has 0 amide bonds. The van der Waals surface area contributed by atoms with Crippen LogP contribution in [0.1, 0.15) is 21.6 Å². The second kappa shape index (κ2) is 4.52. The first-order chi connectivity index (χ1) is 8.52. The third kappa shape index (κ3) is 2.07. The van der Waals surface area contributed by atoms with Crippen LogP contribution in [0.5, 0.6) is 5.75 Å². The predicted molar refractivity (Wildman–Crippen MR) is 64.9 cm³/mol. The third-order valence-corrected chi connectivity index (χ3v) is 2.85. The first kappa shape index (κ1) is 12.2. The molecule has 0 fully saturated rings. The maximum absolute atomic E-state index is 10.7. The van der Waals surface area contributed by atoms with E-state index in [4.69, 9.17) is 14.4 Å². The van der Waals surface area contributed by atoms with Crippen molar-refractivity contribution in [3.63, 3.8) is 0 Å². The molecule has 0 radical (unpaired) electrons. The van der Waals surface area contributed by atoms with Gasteiger partial charge in [-0.2, -0.15) is 0 Å². The molecule has 1 heterocycles. The molecule has 2 aromatic rings. The van der Waals surface area contributed by atoms with Crippen molar-refractivity contribution < 1.29 is 19.2 Å². The van der Waals surface area contributed by atoms with Crippen molar-refractivity contribution in [1.82, 2.24) is 5.16 Å². The SMILES string of the molecule is COc1cc(-c2cc(C(=O)O)no2)cc(C)c1C. The molecular weight excluding hydrogens is 234 g/mol. The lowest BCUT2D eigenvalue weighted by molar-refractivity contribution is 0.0686. The zero-order valence-corrected chi connectivity index (χ0v) is 10.4. The van der Waals surface area contributed by atoms with Gasteiger partial charge in [0.05, 0.1) is 7.11 Å². The van der Waals surface area contributed by atoms with E-state index in [2.05, 4.69) is 5.16 Å². The highest BCUT2D eigenvalue weighted by molar-refractivity contribution is 5.86. The van der Waals surface area contributed by atoms with Crippen LogP contribution in [0.25, 0.3) is 11.3 Å². The van der Waals surface area contributed by atoms with Crippen LogP contribution in [-0.4, -0.2) is 23.3 Å². The number of benzene rings is 1. The van der Waals surface area contributed by atoms with Crippen LogP contribution in [-0.2, 0) is 0 Å². The van der Waals surface area contributed by atoms with Crippen molar-refractivity contribution in [3.8, 4) is 17.1 Å². The second-order valence-electron chi connectivity index (χ2n) is 4.00. The first-order valence-corrected chi connectivity index (χ1v) is 5.38. The minimum Gasteiger partial charge on any atom is -0.496 e. The van der Waals surface area contributed by atoms with Gasteiger partial charge in [-0.15, -0.1) is 0 Å². The molecule has 2 rings (SSSR count). The van der Waals surface area contributed by atoms with Gasteiger partial charge < -0.3 is 14.4 Å². The van der Waals surface area contributed by atoms with Gasteiger partial charge in [-0.3, -0.25) is 0 Å². The Balaban J connectivity index is 2.50. The lowest BCUT2D eigenvalue weighted by Gasteiger charge is -2.09. The normalized spacial score (nSPS) is 10.4. The molecule has 0 saturated heterocycles. The molecule has 1 N–H and O–H groups in total. The number of aromatic nitrogens is 1. The highest BCUT2D eigenvalue weighted by Crippen LogP contribution is 2.30. The van der Waals surface area contributed by atoms with E-state index in [0.29, 0.717) is 5.76 Å². The number of carboxylic acid groups (broad SMARTS) is 1. The Hall–Kier alpha value is -2.30. The first-order valence-electron chi connectivity index (χ1n) is 5.38. The summed E-state index contributed by atoms with van der Waals surface area (Å²) < 4.78 is 10.3. The van der Waals surface area contributed by atoms with E-state index in [-0.39, 0.29) is 5.69 Å². The summed E-state index contributed by atoms with van der Waals surface area (Å²) in [6.45, 7) is 3.91. The standard InChI is InChI=1S/C13H13NO4/c1-7-4-9(5-11(17-3)8(7)2)12-6-10(13(15)16)14-18-12/h4-6H,1-3H3,(H,15,16). The van der Waals surface area contributed by atoms with Crippen molar-refractivity contribution in [1.29, 1.82) is 0 Å². The summed E-state index contributed by atoms with van der Waals surface area (Å²) in [6, 6.07) is 5.10. The third-order valence-electron chi connectivity index (χ3n) is 2.85. The van der Waals surface area contributed by atoms with E-state index in [1.165, 1.54) is 6.07 Å². The van der Waals surface area contributed by atoms with Gasteiger partial charge >= 0.3 is 5.97 Å². The van der Waals surface area contributed by atoms with Crippen LogP contribution < -0.4 is 4.74 Å². The van der Waals surface area contributed by atoms with Gasteiger partial charge in [0.25, 0.3) is 0 Å². The van der Waals surface area contributed by atoms with E-state index in [0.717, 1.165) is 22.4 Å². The molecule has 1 aromatic heterocycles. The Bertz CT molecular complexity index is 601. The average Bonchev–Trinajstić information content (AvgIpc) is 2.82. The molecule has 0 saturated carbocycles. The minimum atomic E-state index is -1.11. The zero-order chi connectivity index (χ0) is 13.3. The molecule has 18 heavy (non-hydrogen) atoms. The number of rotatable bonds is 3. The van der Waals surface area contributed by atoms with Gasteiger partial charge in [-0.1, -0.05) is 5.16 Å². The topological polar surface area (TPSA) is 72.6 Å². The minimum absolute atomic E-state index is 0.109. The number of carbonyl (C=O) groups is 1. The molecule has 0 bridgehead atoms. The number of aryl methyl sites for hydroxylation is 1. The van der Waals surface area contributed by atoms with Crippen molar-refractivity contribution in [2.75, 3.05) is 7.11 Å². The van der Waals surface area contributed by atoms with Gasteiger partial charge in [0, 0.05) is 11.6 Å². The highest BCUT2D eigenvalue weighted by Gasteiger charge is 2.14. The fraction of sp³-hybridized carbons (Fsp3) is 0.231. The molecular formula is C13H13NO4. The number of methoxy groups -OCH3 is 1. The van der Waals surface area contributed by atoms with Gasteiger partial charge in [0.2, 0.25) is 0 Å². The Kier molecular flexibility index (Phi) is 3.06. The van der Waals surface area contributed by atoms with Gasteiger partial charge in [-0.05, 0) is 37.1 Å². The van der Waals surface area contributed by atoms with Crippen LogP contribution in [0.4, 0.5) is 0 Å². The average molecular weight is 247 g/mol. The van der Waals surface area contributed by atoms with Crippen LogP contribution >= 0.6 is 0 Å². The number of hydrogen-bond donors (Lipinski definition) is 1. The van der Waals surface area contributed by atoms with Crippen LogP contribution in [0.3, 0.4) is 0 Å². The van der Waals surface area contributed by atoms with Crippen LogP contribution in [0.2, 0.25) is 0 Å². The summed E-state index contributed by atoms with van der Waals surface area (Å²) in [6.07, 6.45) is 0. The fourth-order valence-electron chi connectivity index (χ4n) is 1.69. The van der Waals surface area contributed by atoms with Crippen molar-refractivity contribution in [3.05, 3.63) is 35.0 Å². The molecule has 5 heteroatoms. The maximum atomic E-state index is 10.7. The Morgan fingerprint density at radius 3 is 2.61 bits per heavy atom. The number of ether oxygens (including phenoxy) is 1. The van der Waals surface area contributed by atoms with Gasteiger partial charge in [0.15, 0.2) is 11.5 Å². The predicted octanol–water partition coefficient (Wildman–Crippen LogP) is 2.67. The van der Waals surface area contributed by atoms with E-state index < -0.39 is 5.97 Å². The summed E-state index contributed by atoms with van der Waals surface area (Å²) in [7, 11) is 1.59. The summed E-state index contributed by atoms with van der Waals surface area (Å²) in [5.41, 5.74) is 2.72. The molecule has 5 nitrogen and oxygen atoms in total. The van der Waals surface area contributed by atoms with E-state index in [9.17, 15) is 4.79 Å². The Labute approximate surface area is 104 Å². The van der Waals surface area contributed by atoms with Crippen molar-refractivity contribution in [2.45, 2.75) is 13.8 Å². The van der Waals surface area contributed by atoms with E-state index >= 15 is 0 Å². The maximum Gasteiger partial charge on any atom is 0.358 e. The van der Waals surface area contributed by atoms with Crippen LogP contribution in [0.15, 0.2) is 22.7 Å². The molecule has 0 aliphatic carbocycles. The van der Waals surface area contributed by atoms with Crippen molar-refractivity contribution in [2.24, 2.45) is 0 Å². The number of carboxylic acids is 1. The van der Waals surface area contributed by atoms with Gasteiger partial charge in [0.1, 0.15) is 5.75 Å². The number of aromatic carboxylic acids is 1. The lowest BCUT2D eigenvalue weighted by atomic mass is 10.0.